The summed E-state index contributed by atoms with van der Waals surface area (Å²) in [4.78, 5) is 14.5. The number of nitrogens with zero attached hydrogens (tertiary/aromatic N) is 3. The number of para-hydroxylation sites is 1. The van der Waals surface area contributed by atoms with E-state index in [-0.39, 0.29) is 6.03 Å². The topological polar surface area (TPSA) is 59.4 Å². The maximum Gasteiger partial charge on any atom is 0.317 e. The second-order valence-corrected chi connectivity index (χ2v) is 7.24. The molecule has 0 spiro atoms. The van der Waals surface area contributed by atoms with Gasteiger partial charge in [0.15, 0.2) is 0 Å². The van der Waals surface area contributed by atoms with Crippen LogP contribution < -0.4 is 10.1 Å². The highest BCUT2D eigenvalue weighted by Crippen LogP contribution is 2.23. The fourth-order valence-electron chi connectivity index (χ4n) is 3.70. The van der Waals surface area contributed by atoms with E-state index in [0.717, 1.165) is 29.8 Å². The van der Waals surface area contributed by atoms with Crippen molar-refractivity contribution in [3.05, 3.63) is 83.2 Å². The summed E-state index contributed by atoms with van der Waals surface area (Å²) < 4.78 is 7.81. The van der Waals surface area contributed by atoms with Gasteiger partial charge in [0.05, 0.1) is 6.54 Å². The number of urea groups is 1. The lowest BCUT2D eigenvalue weighted by Crippen LogP contribution is -2.43. The molecule has 0 saturated heterocycles. The second-order valence-electron chi connectivity index (χ2n) is 7.24. The van der Waals surface area contributed by atoms with E-state index in [1.165, 1.54) is 11.3 Å². The highest BCUT2D eigenvalue weighted by atomic mass is 16.5. The Bertz CT molecular complexity index is 954. The number of carbonyl (C=O) groups is 1. The van der Waals surface area contributed by atoms with Crippen LogP contribution in [-0.4, -0.2) is 33.8 Å². The largest absolute Gasteiger partial charge is 0.487 e. The standard InChI is InChI=1S/C23H26N4O2/c1-26-22-13-15-27(23(28)24-14-12-18-8-4-2-5-9-18)16-20(22)21(25-26)17-29-19-10-6-3-7-11-19/h2-11H,12-17H2,1H3,(H,24,28). The number of fused-ring (bicyclic) bond motifs is 1. The summed E-state index contributed by atoms with van der Waals surface area (Å²) in [7, 11) is 1.96. The zero-order valence-corrected chi connectivity index (χ0v) is 16.7. The Labute approximate surface area is 171 Å². The van der Waals surface area contributed by atoms with Gasteiger partial charge in [0.25, 0.3) is 0 Å². The van der Waals surface area contributed by atoms with E-state index in [4.69, 9.17) is 4.74 Å². The summed E-state index contributed by atoms with van der Waals surface area (Å²) >= 11 is 0. The molecule has 0 saturated carbocycles. The van der Waals surface area contributed by atoms with Crippen molar-refractivity contribution in [3.63, 3.8) is 0 Å². The van der Waals surface area contributed by atoms with Crippen LogP contribution in [0.5, 0.6) is 5.75 Å². The van der Waals surface area contributed by atoms with Crippen molar-refractivity contribution < 1.29 is 9.53 Å². The molecule has 1 aromatic heterocycles. The van der Waals surface area contributed by atoms with Crippen molar-refractivity contribution >= 4 is 6.03 Å². The fraction of sp³-hybridized carbons (Fsp3) is 0.304. The van der Waals surface area contributed by atoms with Gasteiger partial charge in [0.1, 0.15) is 18.1 Å². The third-order valence-corrected chi connectivity index (χ3v) is 5.26. The van der Waals surface area contributed by atoms with Crippen LogP contribution >= 0.6 is 0 Å². The van der Waals surface area contributed by atoms with Gasteiger partial charge in [-0.3, -0.25) is 4.68 Å². The number of nitrogens with one attached hydrogen (secondary N) is 1. The average molecular weight is 390 g/mol. The van der Waals surface area contributed by atoms with E-state index < -0.39 is 0 Å². The molecule has 1 N–H and O–H groups in total. The molecule has 0 unspecified atom stereocenters. The summed E-state index contributed by atoms with van der Waals surface area (Å²) in [5, 5.41) is 7.68. The highest BCUT2D eigenvalue weighted by Gasteiger charge is 2.26. The van der Waals surface area contributed by atoms with E-state index in [9.17, 15) is 4.79 Å². The van der Waals surface area contributed by atoms with Crippen LogP contribution in [0.1, 0.15) is 22.5 Å². The van der Waals surface area contributed by atoms with Crippen LogP contribution in [0.3, 0.4) is 0 Å². The van der Waals surface area contributed by atoms with Gasteiger partial charge in [-0.2, -0.15) is 5.10 Å². The fourth-order valence-corrected chi connectivity index (χ4v) is 3.70. The number of carbonyl (C=O) groups excluding carboxylic acids is 1. The minimum atomic E-state index is -0.0228. The normalized spacial score (nSPS) is 13.1. The van der Waals surface area contributed by atoms with Crippen molar-refractivity contribution in [1.29, 1.82) is 0 Å². The number of aromatic nitrogens is 2. The van der Waals surface area contributed by atoms with Crippen LogP contribution in [0, 0.1) is 0 Å². The molecule has 0 aliphatic carbocycles. The molecule has 1 aliphatic heterocycles. The molecule has 4 rings (SSSR count). The maximum absolute atomic E-state index is 12.7. The highest BCUT2D eigenvalue weighted by molar-refractivity contribution is 5.74. The van der Waals surface area contributed by atoms with E-state index >= 15 is 0 Å². The summed E-state index contributed by atoms with van der Waals surface area (Å²) in [5.41, 5.74) is 4.41. The Morgan fingerprint density at radius 2 is 1.83 bits per heavy atom. The summed E-state index contributed by atoms with van der Waals surface area (Å²) in [5.74, 6) is 0.818. The molecule has 0 fully saturated rings. The molecule has 3 aromatic rings. The van der Waals surface area contributed by atoms with Gasteiger partial charge < -0.3 is 15.0 Å². The molecule has 0 bridgehead atoms. The lowest BCUT2D eigenvalue weighted by atomic mass is 10.1. The molecular formula is C23H26N4O2. The van der Waals surface area contributed by atoms with Gasteiger partial charge in [-0.05, 0) is 24.1 Å². The molecule has 29 heavy (non-hydrogen) atoms. The molecular weight excluding hydrogens is 364 g/mol. The van der Waals surface area contributed by atoms with Crippen LogP contribution in [0.4, 0.5) is 4.79 Å². The Kier molecular flexibility index (Phi) is 5.79. The quantitative estimate of drug-likeness (QED) is 0.703. The molecule has 2 aromatic carbocycles. The first kappa shape index (κ1) is 19.1. The van der Waals surface area contributed by atoms with Gasteiger partial charge in [-0.25, -0.2) is 4.79 Å². The smallest absolute Gasteiger partial charge is 0.317 e. The molecule has 1 aliphatic rings. The molecule has 6 nitrogen and oxygen atoms in total. The third kappa shape index (κ3) is 4.59. The Hall–Kier alpha value is -3.28. The van der Waals surface area contributed by atoms with Crippen LogP contribution in [0.15, 0.2) is 60.7 Å². The Morgan fingerprint density at radius 3 is 2.59 bits per heavy atom. The molecule has 0 atom stereocenters. The van der Waals surface area contributed by atoms with Crippen LogP contribution in [-0.2, 0) is 33.0 Å². The van der Waals surface area contributed by atoms with Crippen molar-refractivity contribution in [2.75, 3.05) is 13.1 Å². The Balaban J connectivity index is 1.36. The van der Waals surface area contributed by atoms with Gasteiger partial charge in [-0.1, -0.05) is 48.5 Å². The van der Waals surface area contributed by atoms with Gasteiger partial charge in [-0.15, -0.1) is 0 Å². The van der Waals surface area contributed by atoms with Crippen molar-refractivity contribution in [2.24, 2.45) is 7.05 Å². The molecule has 2 heterocycles. The number of hydrogen-bond donors (Lipinski definition) is 1. The zero-order chi connectivity index (χ0) is 20.1. The monoisotopic (exact) mass is 390 g/mol. The van der Waals surface area contributed by atoms with E-state index in [0.29, 0.717) is 26.2 Å². The number of benzene rings is 2. The average Bonchev–Trinajstić information content (AvgIpc) is 3.08. The number of amides is 2. The lowest BCUT2D eigenvalue weighted by Gasteiger charge is -2.28. The number of rotatable bonds is 6. The molecule has 2 amide bonds. The third-order valence-electron chi connectivity index (χ3n) is 5.26. The molecule has 6 heteroatoms. The van der Waals surface area contributed by atoms with Crippen molar-refractivity contribution in [1.82, 2.24) is 20.0 Å². The van der Waals surface area contributed by atoms with Crippen LogP contribution in [0.25, 0.3) is 0 Å². The first-order chi connectivity index (χ1) is 14.2. The lowest BCUT2D eigenvalue weighted by molar-refractivity contribution is 0.191. The van der Waals surface area contributed by atoms with Gasteiger partial charge in [0.2, 0.25) is 0 Å². The molecule has 150 valence electrons. The summed E-state index contributed by atoms with van der Waals surface area (Å²) in [6, 6.07) is 19.9. The van der Waals surface area contributed by atoms with E-state index in [1.807, 2.05) is 65.2 Å². The second kappa shape index (κ2) is 8.82. The number of ether oxygens (including phenoxy) is 1. The van der Waals surface area contributed by atoms with Gasteiger partial charge >= 0.3 is 6.03 Å². The maximum atomic E-state index is 12.7. The summed E-state index contributed by atoms with van der Waals surface area (Å²) in [6.07, 6.45) is 1.63. The van der Waals surface area contributed by atoms with E-state index in [1.54, 1.807) is 0 Å². The minimum absolute atomic E-state index is 0.0228. The minimum Gasteiger partial charge on any atom is -0.487 e. The van der Waals surface area contributed by atoms with Gasteiger partial charge in [0, 0.05) is 37.8 Å². The first-order valence-electron chi connectivity index (χ1n) is 9.99. The number of hydrogen-bond acceptors (Lipinski definition) is 3. The first-order valence-corrected chi connectivity index (χ1v) is 9.99. The number of aryl methyl sites for hydroxylation is 1. The zero-order valence-electron chi connectivity index (χ0n) is 16.7. The Morgan fingerprint density at radius 1 is 1.10 bits per heavy atom. The summed E-state index contributed by atoms with van der Waals surface area (Å²) in [6.45, 7) is 2.29. The predicted octanol–water partition coefficient (Wildman–Crippen LogP) is 3.31. The van der Waals surface area contributed by atoms with Crippen LogP contribution in [0.2, 0.25) is 0 Å². The predicted molar refractivity (Wildman–Crippen MR) is 112 cm³/mol. The SMILES string of the molecule is Cn1nc(COc2ccccc2)c2c1CCN(C(=O)NCCc1ccccc1)C2. The van der Waals surface area contributed by atoms with Crippen molar-refractivity contribution in [3.8, 4) is 5.75 Å². The molecule has 0 radical (unpaired) electrons. The van der Waals surface area contributed by atoms with E-state index in [2.05, 4.69) is 22.5 Å². The van der Waals surface area contributed by atoms with Crippen molar-refractivity contribution in [2.45, 2.75) is 26.0 Å².